The van der Waals surface area contributed by atoms with Crippen molar-refractivity contribution in [1.82, 2.24) is 9.88 Å². The molecule has 0 radical (unpaired) electrons. The lowest BCUT2D eigenvalue weighted by molar-refractivity contribution is -0.130. The molecule has 1 N–H and O–H groups in total. The third-order valence-electron chi connectivity index (χ3n) is 4.27. The average Bonchev–Trinajstić information content (AvgIpc) is 2.72. The fourth-order valence-electron chi connectivity index (χ4n) is 2.71. The Labute approximate surface area is 172 Å². The van der Waals surface area contributed by atoms with Crippen LogP contribution in [0.25, 0.3) is 10.9 Å². The lowest BCUT2D eigenvalue weighted by Gasteiger charge is -2.14. The van der Waals surface area contributed by atoms with Gasteiger partial charge in [0.1, 0.15) is 23.2 Å². The molecule has 1 aromatic heterocycles. The Hall–Kier alpha value is -3.37. The first-order valence-corrected chi connectivity index (χ1v) is 9.11. The molecule has 3 rings (SSSR count). The second-order valence-corrected chi connectivity index (χ2v) is 6.90. The third kappa shape index (κ3) is 4.55. The molecule has 8 heteroatoms. The van der Waals surface area contributed by atoms with Crippen molar-refractivity contribution >= 4 is 34.1 Å². The quantitative estimate of drug-likeness (QED) is 0.662. The van der Waals surface area contributed by atoms with Crippen molar-refractivity contribution < 1.29 is 13.9 Å². The predicted molar refractivity (Wildman–Crippen MR) is 109 cm³/mol. The number of amides is 1. The highest BCUT2D eigenvalue weighted by Crippen LogP contribution is 2.33. The summed E-state index contributed by atoms with van der Waals surface area (Å²) < 4.78 is 19.6. The van der Waals surface area contributed by atoms with Gasteiger partial charge in [-0.25, -0.2) is 4.39 Å². The fraction of sp³-hybridized carbons (Fsp3) is 0.190. The first kappa shape index (κ1) is 20.4. The van der Waals surface area contributed by atoms with Gasteiger partial charge in [-0.15, -0.1) is 0 Å². The minimum absolute atomic E-state index is 0.0632. The number of hydrogen-bond acceptors (Lipinski definition) is 5. The Balaban J connectivity index is 1.84. The zero-order chi connectivity index (χ0) is 21.0. The highest BCUT2D eigenvalue weighted by molar-refractivity contribution is 6.36. The number of benzene rings is 2. The molecule has 1 amide bonds. The number of fused-ring (bicyclic) bond motifs is 1. The summed E-state index contributed by atoms with van der Waals surface area (Å²) in [6, 6.07) is 11.9. The van der Waals surface area contributed by atoms with E-state index in [2.05, 4.69) is 16.4 Å². The number of rotatable bonds is 6. The zero-order valence-electron chi connectivity index (χ0n) is 15.9. The van der Waals surface area contributed by atoms with E-state index in [4.69, 9.17) is 16.3 Å². The number of ether oxygens (including phenoxy) is 1. The van der Waals surface area contributed by atoms with Crippen LogP contribution in [-0.2, 0) is 11.3 Å². The van der Waals surface area contributed by atoms with Crippen molar-refractivity contribution in [2.75, 3.05) is 26.0 Å². The van der Waals surface area contributed by atoms with Gasteiger partial charge in [-0.05, 0) is 29.8 Å². The molecule has 0 spiro atoms. The van der Waals surface area contributed by atoms with Gasteiger partial charge in [0, 0.05) is 32.2 Å². The molecule has 6 nitrogen and oxygen atoms in total. The maximum atomic E-state index is 14.1. The van der Waals surface area contributed by atoms with Crippen molar-refractivity contribution in [3.8, 4) is 11.8 Å². The fourth-order valence-corrected chi connectivity index (χ4v) is 2.96. The maximum Gasteiger partial charge on any atom is 0.259 e. The maximum absolute atomic E-state index is 14.1. The van der Waals surface area contributed by atoms with E-state index in [-0.39, 0.29) is 23.6 Å². The summed E-state index contributed by atoms with van der Waals surface area (Å²) in [5.41, 5.74) is 1.62. The van der Waals surface area contributed by atoms with Gasteiger partial charge in [-0.1, -0.05) is 23.7 Å². The Bertz CT molecular complexity index is 1110. The standard InChI is InChI=1S/C21H18ClFN4O2/c1-27(2)18(28)12-29-15-5-3-4-13(8-15)10-25-20-14(9-24)11-26-21-17(23)7-6-16(22)19(20)21/h3-8,11H,10,12H2,1-2H3,(H,25,26). The van der Waals surface area contributed by atoms with Gasteiger partial charge < -0.3 is 15.0 Å². The summed E-state index contributed by atoms with van der Waals surface area (Å²) in [5.74, 6) is -0.117. The predicted octanol–water partition coefficient (Wildman–Crippen LogP) is 3.98. The van der Waals surface area contributed by atoms with E-state index in [1.54, 1.807) is 32.3 Å². The number of nitriles is 1. The molecule has 2 aromatic carbocycles. The number of carbonyl (C=O) groups is 1. The summed E-state index contributed by atoms with van der Waals surface area (Å²) in [4.78, 5) is 17.1. The summed E-state index contributed by atoms with van der Waals surface area (Å²) in [6.07, 6.45) is 1.32. The molecule has 0 bridgehead atoms. The van der Waals surface area contributed by atoms with Gasteiger partial charge in [0.15, 0.2) is 6.61 Å². The molecule has 0 aliphatic rings. The van der Waals surface area contributed by atoms with Crippen LogP contribution in [-0.4, -0.2) is 36.5 Å². The number of likely N-dealkylation sites (N-methyl/N-ethyl adjacent to an activating group) is 1. The normalized spacial score (nSPS) is 10.4. The number of pyridine rings is 1. The number of halogens is 2. The molecule has 1 heterocycles. The zero-order valence-corrected chi connectivity index (χ0v) is 16.6. The topological polar surface area (TPSA) is 78.2 Å². The number of carbonyl (C=O) groups excluding carboxylic acids is 1. The van der Waals surface area contributed by atoms with Crippen LogP contribution in [0.5, 0.6) is 5.75 Å². The van der Waals surface area contributed by atoms with Crippen LogP contribution in [0.1, 0.15) is 11.1 Å². The van der Waals surface area contributed by atoms with Crippen LogP contribution in [0, 0.1) is 17.1 Å². The Kier molecular flexibility index (Phi) is 6.15. The molecule has 0 fully saturated rings. The van der Waals surface area contributed by atoms with Gasteiger partial charge in [-0.3, -0.25) is 9.78 Å². The van der Waals surface area contributed by atoms with Crippen molar-refractivity contribution in [2.24, 2.45) is 0 Å². The van der Waals surface area contributed by atoms with Gasteiger partial charge >= 0.3 is 0 Å². The van der Waals surface area contributed by atoms with E-state index < -0.39 is 5.82 Å². The highest BCUT2D eigenvalue weighted by Gasteiger charge is 2.15. The van der Waals surface area contributed by atoms with Gasteiger partial charge in [0.2, 0.25) is 0 Å². The van der Waals surface area contributed by atoms with Crippen molar-refractivity contribution in [1.29, 1.82) is 5.26 Å². The van der Waals surface area contributed by atoms with Crippen LogP contribution in [0.15, 0.2) is 42.6 Å². The summed E-state index contributed by atoms with van der Waals surface area (Å²) in [6.45, 7) is 0.270. The van der Waals surface area contributed by atoms with Crippen molar-refractivity contribution in [3.63, 3.8) is 0 Å². The first-order valence-electron chi connectivity index (χ1n) is 8.73. The minimum Gasteiger partial charge on any atom is -0.484 e. The van der Waals surface area contributed by atoms with E-state index in [1.165, 1.54) is 23.2 Å². The van der Waals surface area contributed by atoms with Crippen LogP contribution < -0.4 is 10.1 Å². The van der Waals surface area contributed by atoms with Crippen molar-refractivity contribution in [2.45, 2.75) is 6.54 Å². The van der Waals surface area contributed by atoms with Crippen molar-refractivity contribution in [3.05, 3.63) is 64.6 Å². The van der Waals surface area contributed by atoms with E-state index >= 15 is 0 Å². The van der Waals surface area contributed by atoms with E-state index in [9.17, 15) is 14.4 Å². The lowest BCUT2D eigenvalue weighted by Crippen LogP contribution is -2.27. The summed E-state index contributed by atoms with van der Waals surface area (Å²) in [5, 5.41) is 13.2. The van der Waals surface area contributed by atoms with Crippen LogP contribution >= 0.6 is 11.6 Å². The van der Waals surface area contributed by atoms with E-state index in [0.29, 0.717) is 28.4 Å². The molecule has 0 atom stereocenters. The Morgan fingerprint density at radius 1 is 1.34 bits per heavy atom. The van der Waals surface area contributed by atoms with Gasteiger partial charge in [0.05, 0.1) is 16.3 Å². The molecule has 3 aromatic rings. The van der Waals surface area contributed by atoms with Crippen LogP contribution in [0.3, 0.4) is 0 Å². The van der Waals surface area contributed by atoms with Crippen LogP contribution in [0.2, 0.25) is 5.02 Å². The first-order chi connectivity index (χ1) is 13.9. The molecule has 148 valence electrons. The lowest BCUT2D eigenvalue weighted by atomic mass is 10.1. The SMILES string of the molecule is CN(C)C(=O)COc1cccc(CNc2c(C#N)cnc3c(F)ccc(Cl)c23)c1. The summed E-state index contributed by atoms with van der Waals surface area (Å²) in [7, 11) is 3.32. The van der Waals surface area contributed by atoms with Gasteiger partial charge in [-0.2, -0.15) is 5.26 Å². The molecule has 0 unspecified atom stereocenters. The number of nitrogens with zero attached hydrogens (tertiary/aromatic N) is 3. The number of anilines is 1. The molecular weight excluding hydrogens is 395 g/mol. The molecule has 0 aliphatic carbocycles. The van der Waals surface area contributed by atoms with Crippen LogP contribution in [0.4, 0.5) is 10.1 Å². The number of aromatic nitrogens is 1. The molecular formula is C21H18ClFN4O2. The smallest absolute Gasteiger partial charge is 0.259 e. The Morgan fingerprint density at radius 2 is 2.14 bits per heavy atom. The average molecular weight is 413 g/mol. The molecule has 0 saturated heterocycles. The molecule has 0 saturated carbocycles. The van der Waals surface area contributed by atoms with E-state index in [0.717, 1.165) is 5.56 Å². The number of nitrogens with one attached hydrogen (secondary N) is 1. The molecule has 29 heavy (non-hydrogen) atoms. The largest absolute Gasteiger partial charge is 0.484 e. The number of hydrogen-bond donors (Lipinski definition) is 1. The molecule has 0 aliphatic heterocycles. The minimum atomic E-state index is -0.516. The summed E-state index contributed by atoms with van der Waals surface area (Å²) >= 11 is 6.25. The monoisotopic (exact) mass is 412 g/mol. The highest BCUT2D eigenvalue weighted by atomic mass is 35.5. The second-order valence-electron chi connectivity index (χ2n) is 6.49. The Morgan fingerprint density at radius 3 is 2.86 bits per heavy atom. The van der Waals surface area contributed by atoms with E-state index in [1.807, 2.05) is 6.07 Å². The second kappa shape index (κ2) is 8.76. The van der Waals surface area contributed by atoms with Gasteiger partial charge in [0.25, 0.3) is 5.91 Å². The third-order valence-corrected chi connectivity index (χ3v) is 4.58.